The predicted octanol–water partition coefficient (Wildman–Crippen LogP) is 4.51. The highest BCUT2D eigenvalue weighted by Crippen LogP contribution is 2.32. The molecule has 0 aliphatic carbocycles. The minimum atomic E-state index is -0.194. The fourth-order valence-corrected chi connectivity index (χ4v) is 2.30. The number of hydrogen-bond donors (Lipinski definition) is 1. The van der Waals surface area contributed by atoms with Gasteiger partial charge in [0.2, 0.25) is 0 Å². The van der Waals surface area contributed by atoms with Crippen molar-refractivity contribution in [3.05, 3.63) is 54.6 Å². The van der Waals surface area contributed by atoms with Gasteiger partial charge in [-0.2, -0.15) is 0 Å². The Labute approximate surface area is 128 Å². The molecule has 1 N–H and O–H groups in total. The Morgan fingerprint density at radius 3 is 2.29 bits per heavy atom. The second-order valence-electron chi connectivity index (χ2n) is 5.55. The monoisotopic (exact) mass is 283 g/mol. The molecule has 21 heavy (non-hydrogen) atoms. The van der Waals surface area contributed by atoms with Crippen molar-refractivity contribution in [1.29, 1.82) is 0 Å². The molecule has 2 rings (SSSR count). The van der Waals surface area contributed by atoms with Gasteiger partial charge in [-0.15, -0.1) is 0 Å². The number of hydrogen-bond acceptors (Lipinski definition) is 2. The highest BCUT2D eigenvalue weighted by atomic mass is 16.5. The lowest BCUT2D eigenvalue weighted by atomic mass is 10.0. The Hall–Kier alpha value is -1.80. The van der Waals surface area contributed by atoms with E-state index in [1.54, 1.807) is 0 Å². The SMILES string of the molecule is CCNCC(C)(CC)Oc1ccccc1-c1ccccc1. The van der Waals surface area contributed by atoms with Gasteiger partial charge in [0.25, 0.3) is 0 Å². The third kappa shape index (κ3) is 4.08. The third-order valence-corrected chi connectivity index (χ3v) is 3.83. The molecule has 0 aromatic heterocycles. The maximum absolute atomic E-state index is 6.38. The van der Waals surface area contributed by atoms with Crippen LogP contribution in [0.4, 0.5) is 0 Å². The molecule has 2 aromatic rings. The lowest BCUT2D eigenvalue weighted by molar-refractivity contribution is 0.0849. The van der Waals surface area contributed by atoms with E-state index in [0.29, 0.717) is 0 Å². The van der Waals surface area contributed by atoms with Crippen molar-refractivity contribution in [3.63, 3.8) is 0 Å². The minimum absolute atomic E-state index is 0.194. The first-order valence-corrected chi connectivity index (χ1v) is 7.72. The number of benzene rings is 2. The zero-order chi connectivity index (χ0) is 15.1. The number of nitrogens with one attached hydrogen (secondary N) is 1. The van der Waals surface area contributed by atoms with Crippen molar-refractivity contribution in [2.24, 2.45) is 0 Å². The van der Waals surface area contributed by atoms with E-state index in [0.717, 1.165) is 30.8 Å². The maximum atomic E-state index is 6.38. The molecule has 2 nitrogen and oxygen atoms in total. The molecular formula is C19H25NO. The highest BCUT2D eigenvalue weighted by molar-refractivity contribution is 5.70. The van der Waals surface area contributed by atoms with Gasteiger partial charge in [-0.3, -0.25) is 0 Å². The van der Waals surface area contributed by atoms with E-state index in [4.69, 9.17) is 4.74 Å². The molecule has 0 bridgehead atoms. The summed E-state index contributed by atoms with van der Waals surface area (Å²) in [6.45, 7) is 8.26. The highest BCUT2D eigenvalue weighted by Gasteiger charge is 2.24. The quantitative estimate of drug-likeness (QED) is 0.807. The first kappa shape index (κ1) is 15.6. The van der Waals surface area contributed by atoms with E-state index in [1.165, 1.54) is 5.56 Å². The summed E-state index contributed by atoms with van der Waals surface area (Å²) in [5.41, 5.74) is 2.14. The van der Waals surface area contributed by atoms with Gasteiger partial charge in [0.05, 0.1) is 0 Å². The van der Waals surface area contributed by atoms with Gasteiger partial charge in [0, 0.05) is 12.1 Å². The molecule has 0 heterocycles. The molecule has 0 spiro atoms. The van der Waals surface area contributed by atoms with Crippen molar-refractivity contribution in [2.75, 3.05) is 13.1 Å². The third-order valence-electron chi connectivity index (χ3n) is 3.83. The Morgan fingerprint density at radius 2 is 1.62 bits per heavy atom. The van der Waals surface area contributed by atoms with Crippen LogP contribution < -0.4 is 10.1 Å². The summed E-state index contributed by atoms with van der Waals surface area (Å²) in [6.07, 6.45) is 0.961. The molecule has 0 aliphatic rings. The predicted molar refractivity (Wildman–Crippen MR) is 89.7 cm³/mol. The van der Waals surface area contributed by atoms with Crippen molar-refractivity contribution in [2.45, 2.75) is 32.8 Å². The molecule has 1 unspecified atom stereocenters. The molecule has 0 aliphatic heterocycles. The first-order valence-electron chi connectivity index (χ1n) is 7.72. The number of rotatable bonds is 7. The number of likely N-dealkylation sites (N-methyl/N-ethyl adjacent to an activating group) is 1. The first-order chi connectivity index (χ1) is 10.2. The van der Waals surface area contributed by atoms with E-state index < -0.39 is 0 Å². The van der Waals surface area contributed by atoms with Gasteiger partial charge in [0.1, 0.15) is 11.4 Å². The van der Waals surface area contributed by atoms with Gasteiger partial charge in [0.15, 0.2) is 0 Å². The summed E-state index contributed by atoms with van der Waals surface area (Å²) in [6, 6.07) is 18.7. The molecule has 0 saturated heterocycles. The summed E-state index contributed by atoms with van der Waals surface area (Å²) < 4.78 is 6.38. The molecule has 1 atom stereocenters. The lowest BCUT2D eigenvalue weighted by Crippen LogP contribution is -2.42. The second-order valence-corrected chi connectivity index (χ2v) is 5.55. The van der Waals surface area contributed by atoms with Gasteiger partial charge < -0.3 is 10.1 Å². The van der Waals surface area contributed by atoms with E-state index in [-0.39, 0.29) is 5.60 Å². The van der Waals surface area contributed by atoms with E-state index >= 15 is 0 Å². The molecule has 2 heteroatoms. The lowest BCUT2D eigenvalue weighted by Gasteiger charge is -2.31. The Morgan fingerprint density at radius 1 is 0.952 bits per heavy atom. The largest absolute Gasteiger partial charge is 0.486 e. The van der Waals surface area contributed by atoms with Crippen molar-refractivity contribution < 1.29 is 4.74 Å². The summed E-state index contributed by atoms with van der Waals surface area (Å²) in [5, 5.41) is 3.39. The van der Waals surface area contributed by atoms with Crippen molar-refractivity contribution in [1.82, 2.24) is 5.32 Å². The zero-order valence-corrected chi connectivity index (χ0v) is 13.2. The maximum Gasteiger partial charge on any atom is 0.128 e. The molecule has 112 valence electrons. The van der Waals surface area contributed by atoms with Crippen LogP contribution in [-0.4, -0.2) is 18.7 Å². The van der Waals surface area contributed by atoms with Crippen LogP contribution in [0.3, 0.4) is 0 Å². The van der Waals surface area contributed by atoms with Crippen molar-refractivity contribution >= 4 is 0 Å². The average molecular weight is 283 g/mol. The summed E-state index contributed by atoms with van der Waals surface area (Å²) in [7, 11) is 0. The fourth-order valence-electron chi connectivity index (χ4n) is 2.30. The van der Waals surface area contributed by atoms with Crippen LogP contribution in [-0.2, 0) is 0 Å². The van der Waals surface area contributed by atoms with Crippen molar-refractivity contribution in [3.8, 4) is 16.9 Å². The molecule has 0 amide bonds. The van der Waals surface area contributed by atoms with Gasteiger partial charge in [-0.1, -0.05) is 62.4 Å². The Kier molecular flexibility index (Phi) is 5.40. The van der Waals surface area contributed by atoms with Crippen LogP contribution in [0.15, 0.2) is 54.6 Å². The van der Waals surface area contributed by atoms with E-state index in [1.807, 2.05) is 12.1 Å². The normalized spacial score (nSPS) is 13.7. The molecule has 2 aromatic carbocycles. The Bertz CT molecular complexity index is 553. The minimum Gasteiger partial charge on any atom is -0.486 e. The summed E-state index contributed by atoms with van der Waals surface area (Å²) in [4.78, 5) is 0. The van der Waals surface area contributed by atoms with Crippen LogP contribution in [0.2, 0.25) is 0 Å². The number of ether oxygens (including phenoxy) is 1. The molecule has 0 saturated carbocycles. The van der Waals surface area contributed by atoms with Crippen LogP contribution >= 0.6 is 0 Å². The smallest absolute Gasteiger partial charge is 0.128 e. The number of para-hydroxylation sites is 1. The average Bonchev–Trinajstić information content (AvgIpc) is 2.54. The standard InChI is InChI=1S/C19H25NO/c1-4-19(3,15-20-5-2)21-18-14-10-9-13-17(18)16-11-7-6-8-12-16/h6-14,20H,4-5,15H2,1-3H3. The van der Waals surface area contributed by atoms with Gasteiger partial charge >= 0.3 is 0 Å². The summed E-state index contributed by atoms with van der Waals surface area (Å²) >= 11 is 0. The van der Waals surface area contributed by atoms with E-state index in [9.17, 15) is 0 Å². The van der Waals surface area contributed by atoms with Crippen LogP contribution in [0.25, 0.3) is 11.1 Å². The van der Waals surface area contributed by atoms with Crippen LogP contribution in [0.5, 0.6) is 5.75 Å². The van der Waals surface area contributed by atoms with Gasteiger partial charge in [-0.25, -0.2) is 0 Å². The zero-order valence-electron chi connectivity index (χ0n) is 13.2. The summed E-state index contributed by atoms with van der Waals surface area (Å²) in [5.74, 6) is 0.950. The van der Waals surface area contributed by atoms with Gasteiger partial charge in [-0.05, 0) is 31.5 Å². The molecule has 0 radical (unpaired) electrons. The molecule has 0 fully saturated rings. The van der Waals surface area contributed by atoms with Crippen LogP contribution in [0, 0.1) is 0 Å². The van der Waals surface area contributed by atoms with Crippen LogP contribution in [0.1, 0.15) is 27.2 Å². The Balaban J connectivity index is 2.28. The topological polar surface area (TPSA) is 21.3 Å². The fraction of sp³-hybridized carbons (Fsp3) is 0.368. The second kappa shape index (κ2) is 7.28. The molecular weight excluding hydrogens is 258 g/mol. The van der Waals surface area contributed by atoms with E-state index in [2.05, 4.69) is 68.6 Å².